The highest BCUT2D eigenvalue weighted by Crippen LogP contribution is 2.67. The Bertz CT molecular complexity index is 1160. The van der Waals surface area contributed by atoms with Gasteiger partial charge < -0.3 is 24.4 Å². The molecule has 1 aromatic rings. The summed E-state index contributed by atoms with van der Waals surface area (Å²) in [6.45, 7) is 14.3. The van der Waals surface area contributed by atoms with Gasteiger partial charge in [0.15, 0.2) is 0 Å². The van der Waals surface area contributed by atoms with E-state index in [4.69, 9.17) is 14.2 Å². The maximum absolute atomic E-state index is 14.7. The van der Waals surface area contributed by atoms with Crippen LogP contribution < -0.4 is 0 Å². The molecule has 1 aliphatic heterocycles. The molecule has 2 saturated carbocycles. The van der Waals surface area contributed by atoms with E-state index in [1.807, 2.05) is 71.9 Å². The van der Waals surface area contributed by atoms with Crippen LogP contribution >= 0.6 is 0 Å². The molecule has 38 heavy (non-hydrogen) atoms. The van der Waals surface area contributed by atoms with Crippen LogP contribution in [-0.2, 0) is 25.6 Å². The first-order valence-electron chi connectivity index (χ1n) is 13.8. The van der Waals surface area contributed by atoms with Gasteiger partial charge in [-0.25, -0.2) is 4.79 Å². The van der Waals surface area contributed by atoms with Crippen LogP contribution in [0.1, 0.15) is 66.9 Å². The van der Waals surface area contributed by atoms with Crippen molar-refractivity contribution in [1.29, 1.82) is 0 Å². The van der Waals surface area contributed by atoms with E-state index in [0.717, 1.165) is 16.7 Å². The van der Waals surface area contributed by atoms with E-state index in [-0.39, 0.29) is 42.2 Å². The van der Waals surface area contributed by atoms with Gasteiger partial charge in [-0.1, -0.05) is 65.0 Å². The van der Waals surface area contributed by atoms with Crippen molar-refractivity contribution in [3.05, 3.63) is 47.0 Å². The summed E-state index contributed by atoms with van der Waals surface area (Å²) < 4.78 is 17.5. The SMILES string of the molecule is CC1=C2[C@@H](C)C(=O)[C@]3(C)[C@@H](OC(=O)OCc4ccccc4)C[C@H]4OC[C@@]4(C)[C@H]3[C@H](C)[C@](O)(C[C@@H]1O)C2(C)C. The monoisotopic (exact) mass is 526 g/mol. The number of carbonyl (C=O) groups is 2. The molecule has 1 saturated heterocycles. The fourth-order valence-corrected chi connectivity index (χ4v) is 8.98. The average molecular weight is 527 g/mol. The summed E-state index contributed by atoms with van der Waals surface area (Å²) in [5.74, 6) is -1.33. The summed E-state index contributed by atoms with van der Waals surface area (Å²) in [5.41, 5.74) is -1.10. The van der Waals surface area contributed by atoms with Crippen LogP contribution in [0, 0.1) is 34.0 Å². The molecule has 1 heterocycles. The van der Waals surface area contributed by atoms with Gasteiger partial charge in [0.1, 0.15) is 18.5 Å². The summed E-state index contributed by atoms with van der Waals surface area (Å²) in [5, 5.41) is 23.6. The Kier molecular flexibility index (Phi) is 6.41. The number of hydrogen-bond acceptors (Lipinski definition) is 7. The molecule has 4 aliphatic rings. The number of ether oxygens (including phenoxy) is 3. The molecule has 2 bridgehead atoms. The maximum Gasteiger partial charge on any atom is 0.508 e. The second kappa shape index (κ2) is 8.90. The third-order valence-electron chi connectivity index (χ3n) is 11.0. The van der Waals surface area contributed by atoms with Crippen LogP contribution in [0.4, 0.5) is 4.79 Å². The van der Waals surface area contributed by atoms with Gasteiger partial charge in [-0.05, 0) is 42.4 Å². The maximum atomic E-state index is 14.7. The van der Waals surface area contributed by atoms with Gasteiger partial charge >= 0.3 is 6.16 Å². The van der Waals surface area contributed by atoms with E-state index in [2.05, 4.69) is 6.92 Å². The zero-order valence-electron chi connectivity index (χ0n) is 23.6. The second-order valence-electron chi connectivity index (χ2n) is 13.2. The molecule has 3 aliphatic carbocycles. The van der Waals surface area contributed by atoms with E-state index < -0.39 is 40.7 Å². The topological polar surface area (TPSA) is 102 Å². The van der Waals surface area contributed by atoms with Crippen molar-refractivity contribution in [3.8, 4) is 0 Å². The zero-order chi connectivity index (χ0) is 27.8. The lowest BCUT2D eigenvalue weighted by Gasteiger charge is -2.68. The molecule has 2 N–H and O–H groups in total. The number of benzene rings is 1. The Morgan fingerprint density at radius 1 is 1.13 bits per heavy atom. The highest BCUT2D eigenvalue weighted by Gasteiger charge is 2.73. The molecule has 3 fully saturated rings. The van der Waals surface area contributed by atoms with Crippen molar-refractivity contribution in [2.45, 2.75) is 91.8 Å². The van der Waals surface area contributed by atoms with Crippen LogP contribution in [0.15, 0.2) is 41.5 Å². The second-order valence-corrected chi connectivity index (χ2v) is 13.2. The normalized spacial score (nSPS) is 43.7. The van der Waals surface area contributed by atoms with Gasteiger partial charge in [0, 0.05) is 29.6 Å². The Morgan fingerprint density at radius 2 is 1.79 bits per heavy atom. The van der Waals surface area contributed by atoms with Crippen molar-refractivity contribution in [2.24, 2.45) is 34.0 Å². The predicted octanol–water partition coefficient (Wildman–Crippen LogP) is 4.83. The zero-order valence-corrected chi connectivity index (χ0v) is 23.6. The number of ketones is 1. The molecule has 0 amide bonds. The van der Waals surface area contributed by atoms with E-state index in [1.54, 1.807) is 0 Å². The molecule has 7 nitrogen and oxygen atoms in total. The Labute approximate surface area is 225 Å². The third kappa shape index (κ3) is 3.57. The van der Waals surface area contributed by atoms with Crippen LogP contribution in [0.2, 0.25) is 0 Å². The van der Waals surface area contributed by atoms with Crippen molar-refractivity contribution >= 4 is 11.9 Å². The van der Waals surface area contributed by atoms with E-state index >= 15 is 0 Å². The summed E-state index contributed by atoms with van der Waals surface area (Å²) in [6.07, 6.45) is -2.05. The number of hydrogen-bond donors (Lipinski definition) is 2. The largest absolute Gasteiger partial charge is 0.508 e. The molecule has 0 unspecified atom stereocenters. The highest BCUT2D eigenvalue weighted by atomic mass is 16.7. The van der Waals surface area contributed by atoms with Crippen molar-refractivity contribution in [3.63, 3.8) is 0 Å². The molecule has 208 valence electrons. The average Bonchev–Trinajstić information content (AvgIpc) is 2.86. The van der Waals surface area contributed by atoms with Gasteiger partial charge in [0.25, 0.3) is 0 Å². The van der Waals surface area contributed by atoms with Gasteiger partial charge in [-0.3, -0.25) is 4.79 Å². The Morgan fingerprint density at radius 3 is 2.39 bits per heavy atom. The Hall–Kier alpha value is -2.22. The lowest BCUT2D eigenvalue weighted by Crippen LogP contribution is -2.74. The summed E-state index contributed by atoms with van der Waals surface area (Å²) in [7, 11) is 0. The van der Waals surface area contributed by atoms with Crippen LogP contribution in [0.25, 0.3) is 0 Å². The number of carbonyl (C=O) groups excluding carboxylic acids is 2. The smallest absolute Gasteiger partial charge is 0.430 e. The van der Waals surface area contributed by atoms with Gasteiger partial charge in [0.2, 0.25) is 0 Å². The number of Topliss-reactive ketones (excluding diaryl/α,β-unsaturated/α-hetero) is 1. The summed E-state index contributed by atoms with van der Waals surface area (Å²) >= 11 is 0. The standard InChI is InChI=1S/C31H42O7/c1-17-21(32)14-31(35)19(3)25-29(6)16-37-22(29)13-23(38-27(34)36-15-20-11-9-8-10-12-20)30(25,7)26(33)18(2)24(17)28(31,4)5/h8-12,18-19,21-23,25,32,35H,13-16H2,1-7H3/t18-,19+,21+,22-,23+,25-,29-,30-,31-/m1/s1. The molecule has 9 atom stereocenters. The molecule has 7 heteroatoms. The molecule has 0 radical (unpaired) electrons. The fourth-order valence-electron chi connectivity index (χ4n) is 8.98. The minimum absolute atomic E-state index is 0.0274. The first-order chi connectivity index (χ1) is 17.7. The van der Waals surface area contributed by atoms with Crippen molar-refractivity contribution < 1.29 is 34.0 Å². The molecule has 0 spiro atoms. The van der Waals surface area contributed by atoms with Gasteiger partial charge in [0.05, 0.1) is 29.8 Å². The summed E-state index contributed by atoms with van der Waals surface area (Å²) in [4.78, 5) is 27.6. The first-order valence-corrected chi connectivity index (χ1v) is 13.8. The van der Waals surface area contributed by atoms with Gasteiger partial charge in [-0.2, -0.15) is 0 Å². The highest BCUT2D eigenvalue weighted by molar-refractivity contribution is 5.91. The first kappa shape index (κ1) is 27.4. The minimum Gasteiger partial charge on any atom is -0.430 e. The van der Waals surface area contributed by atoms with E-state index in [1.165, 1.54) is 0 Å². The molecule has 1 aromatic carbocycles. The molecular weight excluding hydrogens is 484 g/mol. The number of rotatable bonds is 3. The minimum atomic E-state index is -1.28. The molecule has 5 rings (SSSR count). The summed E-state index contributed by atoms with van der Waals surface area (Å²) in [6, 6.07) is 9.37. The van der Waals surface area contributed by atoms with Crippen molar-refractivity contribution in [2.75, 3.05) is 6.61 Å². The number of aliphatic hydroxyl groups is 2. The lowest BCUT2D eigenvalue weighted by molar-refractivity contribution is -0.301. The molecular formula is C31H42O7. The Balaban J connectivity index is 1.57. The predicted molar refractivity (Wildman–Crippen MR) is 141 cm³/mol. The molecule has 0 aromatic heterocycles. The van der Waals surface area contributed by atoms with Crippen molar-refractivity contribution in [1.82, 2.24) is 0 Å². The van der Waals surface area contributed by atoms with E-state index in [0.29, 0.717) is 13.0 Å². The third-order valence-corrected chi connectivity index (χ3v) is 11.0. The lowest BCUT2D eigenvalue weighted by atomic mass is 9.40. The van der Waals surface area contributed by atoms with Gasteiger partial charge in [-0.15, -0.1) is 0 Å². The number of fused-ring (bicyclic) bond motifs is 5. The number of aliphatic hydroxyl groups excluding tert-OH is 1. The van der Waals surface area contributed by atoms with Crippen LogP contribution in [-0.4, -0.2) is 52.7 Å². The van der Waals surface area contributed by atoms with E-state index in [9.17, 15) is 19.8 Å². The van der Waals surface area contributed by atoms with Crippen LogP contribution in [0.3, 0.4) is 0 Å². The fraction of sp³-hybridized carbons (Fsp3) is 0.677. The van der Waals surface area contributed by atoms with Crippen LogP contribution in [0.5, 0.6) is 0 Å². The quantitative estimate of drug-likeness (QED) is 0.429.